The van der Waals surface area contributed by atoms with Crippen molar-refractivity contribution in [3.63, 3.8) is 0 Å². The molecule has 3 nitrogen and oxygen atoms in total. The van der Waals surface area contributed by atoms with Gasteiger partial charge in [0.1, 0.15) is 11.5 Å². The summed E-state index contributed by atoms with van der Waals surface area (Å²) in [6.07, 6.45) is 4.76. The Bertz CT molecular complexity index is 273. The van der Waals surface area contributed by atoms with Crippen LogP contribution in [0.4, 0.5) is 0 Å². The van der Waals surface area contributed by atoms with E-state index < -0.39 is 0 Å². The Morgan fingerprint density at radius 1 is 1.38 bits per heavy atom. The first-order valence-corrected chi connectivity index (χ1v) is 4.52. The molecule has 2 rings (SSSR count). The molecular weight excluding hydrogens is 188 g/mol. The molecular formula is C9H15ClN2O. The predicted octanol–water partition coefficient (Wildman–Crippen LogP) is 1.69. The minimum Gasteiger partial charge on any atom is -0.361 e. The highest BCUT2D eigenvalue weighted by Gasteiger charge is 2.18. The smallest absolute Gasteiger partial charge is 0.140 e. The molecule has 0 bridgehead atoms. The molecule has 0 unspecified atom stereocenters. The predicted molar refractivity (Wildman–Crippen MR) is 53.2 cm³/mol. The number of hydrogen-bond donors (Lipinski definition) is 1. The number of halogens is 1. The number of nitrogens with zero attached hydrogens (tertiary/aromatic N) is 1. The highest BCUT2D eigenvalue weighted by Crippen LogP contribution is 2.23. The summed E-state index contributed by atoms with van der Waals surface area (Å²) in [7, 11) is 1.93. The molecule has 1 aromatic rings. The Morgan fingerprint density at radius 3 is 2.92 bits per heavy atom. The average molecular weight is 203 g/mol. The molecule has 0 fully saturated rings. The first-order valence-electron chi connectivity index (χ1n) is 4.52. The number of aryl methyl sites for hydroxylation is 1. The van der Waals surface area contributed by atoms with Crippen molar-refractivity contribution < 1.29 is 4.52 Å². The second kappa shape index (κ2) is 4.63. The van der Waals surface area contributed by atoms with Crippen molar-refractivity contribution in [2.24, 2.45) is 0 Å². The SMILES string of the molecule is CNCc1noc2c1CCCC2.Cl. The van der Waals surface area contributed by atoms with E-state index in [0.29, 0.717) is 0 Å². The van der Waals surface area contributed by atoms with Gasteiger partial charge in [0.15, 0.2) is 0 Å². The second-order valence-electron chi connectivity index (χ2n) is 3.27. The Kier molecular flexibility index (Phi) is 3.75. The molecule has 0 aromatic carbocycles. The molecule has 1 N–H and O–H groups in total. The van der Waals surface area contributed by atoms with Gasteiger partial charge in [-0.05, 0) is 26.3 Å². The molecule has 0 amide bonds. The van der Waals surface area contributed by atoms with Crippen molar-refractivity contribution in [2.45, 2.75) is 32.2 Å². The van der Waals surface area contributed by atoms with Crippen molar-refractivity contribution in [1.29, 1.82) is 0 Å². The van der Waals surface area contributed by atoms with Crippen molar-refractivity contribution in [2.75, 3.05) is 7.05 Å². The molecule has 1 aromatic heterocycles. The van der Waals surface area contributed by atoms with Crippen molar-refractivity contribution >= 4 is 12.4 Å². The van der Waals surface area contributed by atoms with Crippen LogP contribution in [-0.4, -0.2) is 12.2 Å². The normalized spacial score (nSPS) is 14.8. The summed E-state index contributed by atoms with van der Waals surface area (Å²) >= 11 is 0. The molecule has 0 atom stereocenters. The van der Waals surface area contributed by atoms with Gasteiger partial charge in [-0.3, -0.25) is 0 Å². The number of rotatable bonds is 2. The van der Waals surface area contributed by atoms with E-state index in [4.69, 9.17) is 4.52 Å². The minimum absolute atomic E-state index is 0. The van der Waals surface area contributed by atoms with E-state index in [0.717, 1.165) is 30.8 Å². The first kappa shape index (κ1) is 10.5. The molecule has 1 heterocycles. The second-order valence-corrected chi connectivity index (χ2v) is 3.27. The van der Waals surface area contributed by atoms with Gasteiger partial charge in [0, 0.05) is 18.5 Å². The lowest BCUT2D eigenvalue weighted by Gasteiger charge is -2.08. The van der Waals surface area contributed by atoms with Crippen LogP contribution in [0.15, 0.2) is 4.52 Å². The molecule has 0 spiro atoms. The molecule has 4 heteroatoms. The zero-order chi connectivity index (χ0) is 8.39. The lowest BCUT2D eigenvalue weighted by Crippen LogP contribution is -2.09. The number of aromatic nitrogens is 1. The van der Waals surface area contributed by atoms with E-state index in [-0.39, 0.29) is 12.4 Å². The maximum Gasteiger partial charge on any atom is 0.140 e. The number of hydrogen-bond acceptors (Lipinski definition) is 3. The van der Waals surface area contributed by atoms with Crippen LogP contribution < -0.4 is 5.32 Å². The van der Waals surface area contributed by atoms with E-state index >= 15 is 0 Å². The van der Waals surface area contributed by atoms with E-state index in [1.807, 2.05) is 7.05 Å². The van der Waals surface area contributed by atoms with Crippen LogP contribution in [0.25, 0.3) is 0 Å². The molecule has 74 valence electrons. The Balaban J connectivity index is 0.000000845. The van der Waals surface area contributed by atoms with Gasteiger partial charge in [0.2, 0.25) is 0 Å². The molecule has 0 saturated heterocycles. The van der Waals surface area contributed by atoms with Crippen molar-refractivity contribution in [1.82, 2.24) is 10.5 Å². The summed E-state index contributed by atoms with van der Waals surface area (Å²) in [6.45, 7) is 0.832. The summed E-state index contributed by atoms with van der Waals surface area (Å²) in [4.78, 5) is 0. The fraction of sp³-hybridized carbons (Fsp3) is 0.667. The monoisotopic (exact) mass is 202 g/mol. The van der Waals surface area contributed by atoms with Crippen LogP contribution in [0, 0.1) is 0 Å². The zero-order valence-electron chi connectivity index (χ0n) is 7.80. The zero-order valence-corrected chi connectivity index (χ0v) is 8.62. The van der Waals surface area contributed by atoms with Gasteiger partial charge in [0.25, 0.3) is 0 Å². The molecule has 0 aliphatic heterocycles. The summed E-state index contributed by atoms with van der Waals surface area (Å²) in [5.41, 5.74) is 2.46. The van der Waals surface area contributed by atoms with Crippen LogP contribution in [-0.2, 0) is 19.4 Å². The van der Waals surface area contributed by atoms with Gasteiger partial charge in [-0.15, -0.1) is 12.4 Å². The van der Waals surface area contributed by atoms with Gasteiger partial charge in [0.05, 0.1) is 0 Å². The molecule has 1 aliphatic carbocycles. The van der Waals surface area contributed by atoms with Gasteiger partial charge >= 0.3 is 0 Å². The number of nitrogens with one attached hydrogen (secondary N) is 1. The van der Waals surface area contributed by atoms with Gasteiger partial charge in [-0.25, -0.2) is 0 Å². The lowest BCUT2D eigenvalue weighted by molar-refractivity contribution is 0.367. The van der Waals surface area contributed by atoms with E-state index in [1.165, 1.54) is 18.4 Å². The summed E-state index contributed by atoms with van der Waals surface area (Å²) in [5, 5.41) is 7.15. The van der Waals surface area contributed by atoms with Crippen LogP contribution >= 0.6 is 12.4 Å². The standard InChI is InChI=1S/C9H14N2O.ClH/c1-10-6-8-7-4-2-3-5-9(7)12-11-8;/h10H,2-6H2,1H3;1H. The minimum atomic E-state index is 0. The largest absolute Gasteiger partial charge is 0.361 e. The Labute approximate surface area is 84.3 Å². The third-order valence-corrected chi connectivity index (χ3v) is 2.38. The molecule has 13 heavy (non-hydrogen) atoms. The fourth-order valence-electron chi connectivity index (χ4n) is 1.76. The van der Waals surface area contributed by atoms with Crippen molar-refractivity contribution in [3.8, 4) is 0 Å². The van der Waals surface area contributed by atoms with Crippen LogP contribution in [0.5, 0.6) is 0 Å². The first-order chi connectivity index (χ1) is 5.92. The third-order valence-electron chi connectivity index (χ3n) is 2.38. The van der Waals surface area contributed by atoms with Gasteiger partial charge in [-0.2, -0.15) is 0 Å². The van der Waals surface area contributed by atoms with E-state index in [1.54, 1.807) is 0 Å². The maximum atomic E-state index is 5.25. The Hall–Kier alpha value is -0.540. The fourth-order valence-corrected chi connectivity index (χ4v) is 1.76. The highest BCUT2D eigenvalue weighted by molar-refractivity contribution is 5.85. The van der Waals surface area contributed by atoms with Gasteiger partial charge in [-0.1, -0.05) is 5.16 Å². The third kappa shape index (κ3) is 2.03. The summed E-state index contributed by atoms with van der Waals surface area (Å²) in [6, 6.07) is 0. The molecule has 0 radical (unpaired) electrons. The van der Waals surface area contributed by atoms with E-state index in [9.17, 15) is 0 Å². The Morgan fingerprint density at radius 2 is 2.15 bits per heavy atom. The van der Waals surface area contributed by atoms with Crippen LogP contribution in [0.1, 0.15) is 29.9 Å². The highest BCUT2D eigenvalue weighted by atomic mass is 35.5. The van der Waals surface area contributed by atoms with Crippen LogP contribution in [0.2, 0.25) is 0 Å². The summed E-state index contributed by atoms with van der Waals surface area (Å²) in [5.74, 6) is 1.12. The lowest BCUT2D eigenvalue weighted by atomic mass is 9.96. The summed E-state index contributed by atoms with van der Waals surface area (Å²) < 4.78 is 5.25. The average Bonchev–Trinajstić information content (AvgIpc) is 2.50. The molecule has 0 saturated carbocycles. The maximum absolute atomic E-state index is 5.25. The van der Waals surface area contributed by atoms with Crippen molar-refractivity contribution in [3.05, 3.63) is 17.0 Å². The van der Waals surface area contributed by atoms with Crippen LogP contribution in [0.3, 0.4) is 0 Å². The topological polar surface area (TPSA) is 38.1 Å². The number of fused-ring (bicyclic) bond motifs is 1. The molecule has 1 aliphatic rings. The van der Waals surface area contributed by atoms with Gasteiger partial charge < -0.3 is 9.84 Å². The van der Waals surface area contributed by atoms with E-state index in [2.05, 4.69) is 10.5 Å². The quantitative estimate of drug-likeness (QED) is 0.794.